The van der Waals surface area contributed by atoms with E-state index in [2.05, 4.69) is 10.1 Å². The Morgan fingerprint density at radius 1 is 1.07 bits per heavy atom. The van der Waals surface area contributed by atoms with Crippen LogP contribution < -0.4 is 4.74 Å². The molecule has 1 aromatic heterocycles. The summed E-state index contributed by atoms with van der Waals surface area (Å²) in [5.74, 6) is 1.56. The molecule has 0 spiro atoms. The molecule has 3 rings (SSSR count). The maximum atomic E-state index is 12.6. The SMILES string of the molecule is COc1cccc(-c2noc(CN(C)Cc3ccc(C(F)(F)F)cc3)n2)c1. The smallest absolute Gasteiger partial charge is 0.416 e. The van der Waals surface area contributed by atoms with Gasteiger partial charge in [0.1, 0.15) is 5.75 Å². The second-order valence-electron chi connectivity index (χ2n) is 6.11. The second-order valence-corrected chi connectivity index (χ2v) is 6.11. The van der Waals surface area contributed by atoms with Gasteiger partial charge in [0.2, 0.25) is 11.7 Å². The molecular formula is C19H18F3N3O2. The Bertz CT molecular complexity index is 892. The third kappa shape index (κ3) is 4.85. The molecule has 0 aliphatic rings. The topological polar surface area (TPSA) is 51.4 Å². The molecule has 8 heteroatoms. The van der Waals surface area contributed by atoms with Crippen LogP contribution in [0.1, 0.15) is 17.0 Å². The van der Waals surface area contributed by atoms with E-state index >= 15 is 0 Å². The zero-order valence-electron chi connectivity index (χ0n) is 14.8. The first-order valence-electron chi connectivity index (χ1n) is 8.17. The molecule has 0 aliphatic heterocycles. The van der Waals surface area contributed by atoms with Gasteiger partial charge in [0.05, 0.1) is 19.2 Å². The standard InChI is InChI=1S/C19H18F3N3O2/c1-25(11-13-6-8-15(9-7-13)19(20,21)22)12-17-23-18(24-27-17)14-4-3-5-16(10-14)26-2/h3-10H,11-12H2,1-2H3. The Kier molecular flexibility index (Phi) is 5.46. The van der Waals surface area contributed by atoms with Crippen molar-refractivity contribution in [1.29, 1.82) is 0 Å². The number of hydrogen-bond acceptors (Lipinski definition) is 5. The van der Waals surface area contributed by atoms with Gasteiger partial charge in [-0.25, -0.2) is 0 Å². The minimum atomic E-state index is -4.33. The summed E-state index contributed by atoms with van der Waals surface area (Å²) in [5, 5.41) is 3.97. The minimum absolute atomic E-state index is 0.373. The molecule has 0 atom stereocenters. The molecule has 0 aliphatic carbocycles. The van der Waals surface area contributed by atoms with Crippen molar-refractivity contribution in [3.05, 3.63) is 65.5 Å². The molecule has 0 fully saturated rings. The number of alkyl halides is 3. The fourth-order valence-electron chi connectivity index (χ4n) is 2.60. The molecule has 142 valence electrons. The quantitative estimate of drug-likeness (QED) is 0.637. The zero-order valence-corrected chi connectivity index (χ0v) is 14.8. The predicted octanol–water partition coefficient (Wildman–Crippen LogP) is 4.40. The van der Waals surface area contributed by atoms with Gasteiger partial charge in [0, 0.05) is 12.1 Å². The van der Waals surface area contributed by atoms with Crippen LogP contribution in [0.5, 0.6) is 5.75 Å². The summed E-state index contributed by atoms with van der Waals surface area (Å²) in [6, 6.07) is 12.4. The highest BCUT2D eigenvalue weighted by Crippen LogP contribution is 2.29. The van der Waals surface area contributed by atoms with Crippen LogP contribution in [0, 0.1) is 0 Å². The van der Waals surface area contributed by atoms with Gasteiger partial charge in [0.15, 0.2) is 0 Å². The Morgan fingerprint density at radius 2 is 1.81 bits per heavy atom. The minimum Gasteiger partial charge on any atom is -0.497 e. The van der Waals surface area contributed by atoms with Crippen molar-refractivity contribution >= 4 is 0 Å². The number of benzene rings is 2. The largest absolute Gasteiger partial charge is 0.497 e. The van der Waals surface area contributed by atoms with Gasteiger partial charge in [-0.1, -0.05) is 29.4 Å². The first-order valence-corrected chi connectivity index (χ1v) is 8.17. The third-order valence-electron chi connectivity index (χ3n) is 3.93. The van der Waals surface area contributed by atoms with Crippen LogP contribution in [0.2, 0.25) is 0 Å². The van der Waals surface area contributed by atoms with Crippen molar-refractivity contribution in [3.63, 3.8) is 0 Å². The number of rotatable bonds is 6. The lowest BCUT2D eigenvalue weighted by Crippen LogP contribution is -2.17. The Labute approximate surface area is 154 Å². The number of aromatic nitrogens is 2. The predicted molar refractivity (Wildman–Crippen MR) is 92.9 cm³/mol. The van der Waals surface area contributed by atoms with Crippen LogP contribution >= 0.6 is 0 Å². The van der Waals surface area contributed by atoms with Crippen molar-refractivity contribution < 1.29 is 22.4 Å². The summed E-state index contributed by atoms with van der Waals surface area (Å²) in [6.45, 7) is 0.826. The normalized spacial score (nSPS) is 11.8. The maximum absolute atomic E-state index is 12.6. The van der Waals surface area contributed by atoms with E-state index in [0.717, 1.165) is 23.3 Å². The van der Waals surface area contributed by atoms with Crippen LogP contribution in [-0.2, 0) is 19.3 Å². The molecule has 3 aromatic rings. The Hall–Kier alpha value is -2.87. The Balaban J connectivity index is 1.63. The summed E-state index contributed by atoms with van der Waals surface area (Å²) in [6.07, 6.45) is -4.33. The van der Waals surface area contributed by atoms with Crippen LogP contribution in [0.4, 0.5) is 13.2 Å². The van der Waals surface area contributed by atoms with Crippen LogP contribution in [0.25, 0.3) is 11.4 Å². The van der Waals surface area contributed by atoms with Gasteiger partial charge < -0.3 is 9.26 Å². The summed E-state index contributed by atoms with van der Waals surface area (Å²) >= 11 is 0. The van der Waals surface area contributed by atoms with E-state index in [1.165, 1.54) is 12.1 Å². The lowest BCUT2D eigenvalue weighted by atomic mass is 10.1. The fourth-order valence-corrected chi connectivity index (χ4v) is 2.60. The molecule has 0 bridgehead atoms. The van der Waals surface area contributed by atoms with Crippen molar-refractivity contribution in [2.45, 2.75) is 19.3 Å². The highest BCUT2D eigenvalue weighted by molar-refractivity contribution is 5.56. The first-order chi connectivity index (χ1) is 12.8. The molecule has 0 radical (unpaired) electrons. The monoisotopic (exact) mass is 377 g/mol. The number of halogens is 3. The van der Waals surface area contributed by atoms with Gasteiger partial charge in [-0.3, -0.25) is 4.90 Å². The van der Waals surface area contributed by atoms with E-state index < -0.39 is 11.7 Å². The molecule has 1 heterocycles. The summed E-state index contributed by atoms with van der Waals surface area (Å²) in [4.78, 5) is 6.24. The van der Waals surface area contributed by atoms with Gasteiger partial charge in [-0.2, -0.15) is 18.2 Å². The Morgan fingerprint density at radius 3 is 2.48 bits per heavy atom. The second kappa shape index (κ2) is 7.79. The van der Waals surface area contributed by atoms with Crippen LogP contribution in [0.3, 0.4) is 0 Å². The van der Waals surface area contributed by atoms with Gasteiger partial charge in [0.25, 0.3) is 0 Å². The lowest BCUT2D eigenvalue weighted by molar-refractivity contribution is -0.137. The third-order valence-corrected chi connectivity index (χ3v) is 3.93. The summed E-state index contributed by atoms with van der Waals surface area (Å²) < 4.78 is 48.3. The van der Waals surface area contributed by atoms with E-state index in [4.69, 9.17) is 9.26 Å². The van der Waals surface area contributed by atoms with E-state index in [-0.39, 0.29) is 0 Å². The average Bonchev–Trinajstić information content (AvgIpc) is 3.10. The molecule has 0 saturated carbocycles. The first kappa shape index (κ1) is 18.9. The highest BCUT2D eigenvalue weighted by atomic mass is 19.4. The molecule has 5 nitrogen and oxygen atoms in total. The molecule has 2 aromatic carbocycles. The van der Waals surface area contributed by atoms with Crippen molar-refractivity contribution in [3.8, 4) is 17.1 Å². The number of methoxy groups -OCH3 is 1. The number of hydrogen-bond donors (Lipinski definition) is 0. The molecule has 0 unspecified atom stereocenters. The molecule has 0 saturated heterocycles. The summed E-state index contributed by atoms with van der Waals surface area (Å²) in [5.41, 5.74) is 0.876. The van der Waals surface area contributed by atoms with Crippen molar-refractivity contribution in [2.24, 2.45) is 0 Å². The number of ether oxygens (including phenoxy) is 1. The highest BCUT2D eigenvalue weighted by Gasteiger charge is 2.29. The van der Waals surface area contributed by atoms with Gasteiger partial charge >= 0.3 is 6.18 Å². The fraction of sp³-hybridized carbons (Fsp3) is 0.263. The summed E-state index contributed by atoms with van der Waals surface area (Å²) in [7, 11) is 3.41. The molecule has 27 heavy (non-hydrogen) atoms. The molecule has 0 amide bonds. The van der Waals surface area contributed by atoms with Crippen LogP contribution in [0.15, 0.2) is 53.1 Å². The molecule has 0 N–H and O–H groups in total. The van der Waals surface area contributed by atoms with Crippen LogP contribution in [-0.4, -0.2) is 29.2 Å². The average molecular weight is 377 g/mol. The van der Waals surface area contributed by atoms with E-state index in [1.807, 2.05) is 30.1 Å². The maximum Gasteiger partial charge on any atom is 0.416 e. The number of nitrogens with zero attached hydrogens (tertiary/aromatic N) is 3. The van der Waals surface area contributed by atoms with E-state index in [9.17, 15) is 13.2 Å². The van der Waals surface area contributed by atoms with Crippen molar-refractivity contribution in [2.75, 3.05) is 14.2 Å². The van der Waals surface area contributed by atoms with Gasteiger partial charge in [-0.05, 0) is 36.9 Å². The zero-order chi connectivity index (χ0) is 19.4. The van der Waals surface area contributed by atoms with E-state index in [1.54, 1.807) is 13.2 Å². The lowest BCUT2D eigenvalue weighted by Gasteiger charge is -2.14. The van der Waals surface area contributed by atoms with E-state index in [0.29, 0.717) is 30.6 Å². The van der Waals surface area contributed by atoms with Gasteiger partial charge in [-0.15, -0.1) is 0 Å². The molecular weight excluding hydrogens is 359 g/mol. The van der Waals surface area contributed by atoms with Crippen molar-refractivity contribution in [1.82, 2.24) is 15.0 Å².